The van der Waals surface area contributed by atoms with Crippen LogP contribution in [0, 0.1) is 0 Å². The Hall–Kier alpha value is -1.77. The Morgan fingerprint density at radius 1 is 1.29 bits per heavy atom. The van der Waals surface area contributed by atoms with Crippen molar-refractivity contribution >= 4 is 12.0 Å². The van der Waals surface area contributed by atoms with Crippen molar-refractivity contribution in [2.24, 2.45) is 0 Å². The molecular formula is C15H24F3N3O3. The fourth-order valence-electron chi connectivity index (χ4n) is 2.25. The van der Waals surface area contributed by atoms with Gasteiger partial charge in [0.1, 0.15) is 18.2 Å². The van der Waals surface area contributed by atoms with Crippen LogP contribution in [0.1, 0.15) is 20.8 Å². The van der Waals surface area contributed by atoms with E-state index in [-0.39, 0.29) is 6.54 Å². The van der Waals surface area contributed by atoms with Gasteiger partial charge in [0.05, 0.1) is 0 Å². The number of hydrogen-bond donors (Lipinski definition) is 1. The number of ether oxygens (including phenoxy) is 1. The van der Waals surface area contributed by atoms with Crippen LogP contribution in [0.5, 0.6) is 0 Å². The molecule has 0 unspecified atom stereocenters. The van der Waals surface area contributed by atoms with Crippen molar-refractivity contribution in [1.29, 1.82) is 0 Å². The normalized spacial score (nSPS) is 19.8. The van der Waals surface area contributed by atoms with Gasteiger partial charge in [-0.1, -0.05) is 6.08 Å². The van der Waals surface area contributed by atoms with Crippen molar-refractivity contribution in [1.82, 2.24) is 15.1 Å². The average molecular weight is 351 g/mol. The molecule has 2 amide bonds. The molecule has 0 aromatic carbocycles. The molecular weight excluding hydrogens is 327 g/mol. The zero-order chi connectivity index (χ0) is 18.5. The summed E-state index contributed by atoms with van der Waals surface area (Å²) in [6.45, 7) is 8.29. The lowest BCUT2D eigenvalue weighted by Gasteiger charge is -2.40. The number of carbonyl (C=O) groups is 2. The number of rotatable bonds is 4. The van der Waals surface area contributed by atoms with E-state index in [0.717, 1.165) is 0 Å². The van der Waals surface area contributed by atoms with Gasteiger partial charge in [-0.3, -0.25) is 9.69 Å². The van der Waals surface area contributed by atoms with Crippen molar-refractivity contribution in [3.8, 4) is 0 Å². The lowest BCUT2D eigenvalue weighted by atomic mass is 10.1. The molecule has 0 spiro atoms. The Morgan fingerprint density at radius 2 is 1.92 bits per heavy atom. The van der Waals surface area contributed by atoms with E-state index in [2.05, 4.69) is 6.58 Å². The van der Waals surface area contributed by atoms with Crippen LogP contribution in [-0.2, 0) is 9.53 Å². The molecule has 0 aromatic rings. The monoisotopic (exact) mass is 351 g/mol. The molecule has 1 atom stereocenters. The van der Waals surface area contributed by atoms with Gasteiger partial charge >= 0.3 is 12.3 Å². The SMILES string of the molecule is C=CCN1CCN(C(=O)OC(C)(C)C)C[C@H]1C(=O)NCC(F)(F)F. The molecule has 0 aromatic heterocycles. The van der Waals surface area contributed by atoms with E-state index in [1.54, 1.807) is 31.7 Å². The van der Waals surface area contributed by atoms with E-state index in [1.807, 2.05) is 5.32 Å². The van der Waals surface area contributed by atoms with Crippen LogP contribution in [0.4, 0.5) is 18.0 Å². The first kappa shape index (κ1) is 20.3. The lowest BCUT2D eigenvalue weighted by Crippen LogP contribution is -2.60. The van der Waals surface area contributed by atoms with Crippen molar-refractivity contribution in [2.45, 2.75) is 38.6 Å². The Morgan fingerprint density at radius 3 is 2.42 bits per heavy atom. The number of piperazine rings is 1. The maximum Gasteiger partial charge on any atom is 0.410 e. The molecule has 1 N–H and O–H groups in total. The highest BCUT2D eigenvalue weighted by molar-refractivity contribution is 5.83. The Bertz CT molecular complexity index is 475. The molecule has 0 aliphatic carbocycles. The van der Waals surface area contributed by atoms with E-state index in [1.165, 1.54) is 4.90 Å². The molecule has 1 rings (SSSR count). The summed E-state index contributed by atoms with van der Waals surface area (Å²) in [7, 11) is 0. The summed E-state index contributed by atoms with van der Waals surface area (Å²) in [5, 5.41) is 1.87. The van der Waals surface area contributed by atoms with Gasteiger partial charge in [-0.2, -0.15) is 13.2 Å². The first-order valence-electron chi connectivity index (χ1n) is 7.60. The minimum absolute atomic E-state index is 0.0353. The predicted octanol–water partition coefficient (Wildman–Crippen LogP) is 1.77. The van der Waals surface area contributed by atoms with Gasteiger partial charge < -0.3 is 15.0 Å². The fraction of sp³-hybridized carbons (Fsp3) is 0.733. The van der Waals surface area contributed by atoms with Crippen LogP contribution in [0.2, 0.25) is 0 Å². The number of alkyl halides is 3. The molecule has 1 aliphatic heterocycles. The van der Waals surface area contributed by atoms with Crippen molar-refractivity contribution in [3.63, 3.8) is 0 Å². The molecule has 1 aliphatic rings. The molecule has 1 saturated heterocycles. The third-order valence-electron chi connectivity index (χ3n) is 3.27. The van der Waals surface area contributed by atoms with Crippen LogP contribution in [0.25, 0.3) is 0 Å². The maximum atomic E-state index is 12.3. The molecule has 0 bridgehead atoms. The summed E-state index contributed by atoms with van der Waals surface area (Å²) in [5.74, 6) is -0.776. The molecule has 1 heterocycles. The van der Waals surface area contributed by atoms with Gasteiger partial charge in [0, 0.05) is 26.2 Å². The third kappa shape index (κ3) is 6.77. The number of carbonyl (C=O) groups excluding carboxylic acids is 2. The summed E-state index contributed by atoms with van der Waals surface area (Å²) in [4.78, 5) is 27.3. The largest absolute Gasteiger partial charge is 0.444 e. The average Bonchev–Trinajstić information content (AvgIpc) is 2.42. The van der Waals surface area contributed by atoms with E-state index in [9.17, 15) is 22.8 Å². The zero-order valence-electron chi connectivity index (χ0n) is 14.2. The van der Waals surface area contributed by atoms with Crippen LogP contribution >= 0.6 is 0 Å². The summed E-state index contributed by atoms with van der Waals surface area (Å²) in [6.07, 6.45) is -3.51. The number of hydrogen-bond acceptors (Lipinski definition) is 4. The molecule has 9 heteroatoms. The molecule has 1 fully saturated rings. The quantitative estimate of drug-likeness (QED) is 0.785. The van der Waals surface area contributed by atoms with E-state index < -0.39 is 36.4 Å². The maximum absolute atomic E-state index is 12.3. The second-order valence-electron chi connectivity index (χ2n) is 6.56. The van der Waals surface area contributed by atoms with Gasteiger partial charge in [-0.05, 0) is 20.8 Å². The van der Waals surface area contributed by atoms with Crippen LogP contribution < -0.4 is 5.32 Å². The minimum atomic E-state index is -4.49. The van der Waals surface area contributed by atoms with Gasteiger partial charge in [0.2, 0.25) is 5.91 Å². The Kier molecular flexibility index (Phi) is 6.65. The van der Waals surface area contributed by atoms with Crippen molar-refractivity contribution in [2.75, 3.05) is 32.7 Å². The number of nitrogens with zero attached hydrogens (tertiary/aromatic N) is 2. The first-order chi connectivity index (χ1) is 10.9. The molecule has 6 nitrogen and oxygen atoms in total. The highest BCUT2D eigenvalue weighted by atomic mass is 19.4. The van der Waals surface area contributed by atoms with Crippen molar-refractivity contribution in [3.05, 3.63) is 12.7 Å². The highest BCUT2D eigenvalue weighted by Gasteiger charge is 2.37. The van der Waals surface area contributed by atoms with Gasteiger partial charge in [-0.25, -0.2) is 4.79 Å². The number of halogens is 3. The van der Waals surface area contributed by atoms with E-state index in [4.69, 9.17) is 4.74 Å². The van der Waals surface area contributed by atoms with Gasteiger partial charge in [0.25, 0.3) is 0 Å². The highest BCUT2D eigenvalue weighted by Crippen LogP contribution is 2.16. The smallest absolute Gasteiger partial charge is 0.410 e. The molecule has 24 heavy (non-hydrogen) atoms. The van der Waals surface area contributed by atoms with E-state index >= 15 is 0 Å². The molecule has 0 saturated carbocycles. The summed E-state index contributed by atoms with van der Waals surface area (Å²) >= 11 is 0. The first-order valence-corrected chi connectivity index (χ1v) is 7.60. The summed E-state index contributed by atoms with van der Waals surface area (Å²) < 4.78 is 42.1. The molecule has 0 radical (unpaired) electrons. The van der Waals surface area contributed by atoms with Crippen molar-refractivity contribution < 1.29 is 27.5 Å². The lowest BCUT2D eigenvalue weighted by molar-refractivity contribution is -0.142. The van der Waals surface area contributed by atoms with E-state index in [0.29, 0.717) is 19.6 Å². The summed E-state index contributed by atoms with van der Waals surface area (Å²) in [5.41, 5.74) is -0.691. The number of amides is 2. The predicted molar refractivity (Wildman–Crippen MR) is 82.4 cm³/mol. The second kappa shape index (κ2) is 7.87. The fourth-order valence-corrected chi connectivity index (χ4v) is 2.25. The van der Waals surface area contributed by atoms with Crippen LogP contribution in [0.3, 0.4) is 0 Å². The minimum Gasteiger partial charge on any atom is -0.444 e. The standard InChI is InChI=1S/C15H24F3N3O3/c1-5-6-20-7-8-21(13(23)24-14(2,3)4)9-11(20)12(22)19-10-15(16,17)18/h5,11H,1,6-10H2,2-4H3,(H,19,22)/t11-/m0/s1. The van der Waals surface area contributed by atoms with Crippen LogP contribution in [0.15, 0.2) is 12.7 Å². The van der Waals surface area contributed by atoms with Gasteiger partial charge in [0.15, 0.2) is 0 Å². The van der Waals surface area contributed by atoms with Gasteiger partial charge in [-0.15, -0.1) is 6.58 Å². The zero-order valence-corrected chi connectivity index (χ0v) is 14.2. The Labute approximate surface area is 139 Å². The number of nitrogens with one attached hydrogen (secondary N) is 1. The summed E-state index contributed by atoms with van der Waals surface area (Å²) in [6, 6.07) is -0.883. The van der Waals surface area contributed by atoms with Crippen LogP contribution in [-0.4, -0.2) is 72.3 Å². The molecule has 138 valence electrons. The topological polar surface area (TPSA) is 61.9 Å². The Balaban J connectivity index is 2.77. The second-order valence-corrected chi connectivity index (χ2v) is 6.56. The third-order valence-corrected chi connectivity index (χ3v) is 3.27.